The molecular formula is C15H22N2O3. The maximum absolute atomic E-state index is 11.9. The normalized spacial score (nSPS) is 9.95. The van der Waals surface area contributed by atoms with Gasteiger partial charge in [0.15, 0.2) is 0 Å². The first kappa shape index (κ1) is 16.0. The van der Waals surface area contributed by atoms with Crippen molar-refractivity contribution in [3.05, 3.63) is 29.8 Å². The molecule has 20 heavy (non-hydrogen) atoms. The fourth-order valence-corrected chi connectivity index (χ4v) is 1.89. The van der Waals surface area contributed by atoms with Gasteiger partial charge in [-0.1, -0.05) is 25.1 Å². The third kappa shape index (κ3) is 4.91. The number of methoxy groups -OCH3 is 1. The standard InChI is InChI=1S/C15H22N2O3/c1-4-9-17(12(2)18)11-15(19)16-10-13-7-5-6-8-14(13)20-3/h5-8H,4,9-11H2,1-3H3,(H,16,19). The van der Waals surface area contributed by atoms with Gasteiger partial charge in [-0.2, -0.15) is 0 Å². The molecule has 2 amide bonds. The lowest BCUT2D eigenvalue weighted by Crippen LogP contribution is -2.39. The Morgan fingerprint density at radius 2 is 2.00 bits per heavy atom. The van der Waals surface area contributed by atoms with Gasteiger partial charge in [-0.05, 0) is 12.5 Å². The number of hydrogen-bond acceptors (Lipinski definition) is 3. The molecule has 0 aliphatic carbocycles. The van der Waals surface area contributed by atoms with Gasteiger partial charge in [0, 0.05) is 25.6 Å². The highest BCUT2D eigenvalue weighted by Gasteiger charge is 2.12. The molecule has 0 spiro atoms. The molecule has 0 bridgehead atoms. The molecule has 1 rings (SSSR count). The third-order valence-corrected chi connectivity index (χ3v) is 2.94. The number of nitrogens with one attached hydrogen (secondary N) is 1. The van der Waals surface area contributed by atoms with Gasteiger partial charge in [-0.3, -0.25) is 9.59 Å². The van der Waals surface area contributed by atoms with E-state index in [9.17, 15) is 9.59 Å². The van der Waals surface area contributed by atoms with Crippen LogP contribution in [-0.4, -0.2) is 36.9 Å². The summed E-state index contributed by atoms with van der Waals surface area (Å²) >= 11 is 0. The van der Waals surface area contributed by atoms with Crippen LogP contribution in [0.1, 0.15) is 25.8 Å². The van der Waals surface area contributed by atoms with Crippen LogP contribution < -0.4 is 10.1 Å². The van der Waals surface area contributed by atoms with Gasteiger partial charge in [-0.15, -0.1) is 0 Å². The predicted molar refractivity (Wildman–Crippen MR) is 77.4 cm³/mol. The van der Waals surface area contributed by atoms with E-state index in [1.807, 2.05) is 31.2 Å². The highest BCUT2D eigenvalue weighted by Crippen LogP contribution is 2.16. The lowest BCUT2D eigenvalue weighted by Gasteiger charge is -2.19. The molecule has 0 heterocycles. The Hall–Kier alpha value is -2.04. The second kappa shape index (κ2) is 8.19. The quantitative estimate of drug-likeness (QED) is 0.823. The first-order valence-corrected chi connectivity index (χ1v) is 6.72. The zero-order valence-electron chi connectivity index (χ0n) is 12.3. The second-order valence-corrected chi connectivity index (χ2v) is 4.53. The minimum absolute atomic E-state index is 0.0840. The average molecular weight is 278 g/mol. The Morgan fingerprint density at radius 1 is 1.30 bits per heavy atom. The molecule has 1 N–H and O–H groups in total. The van der Waals surface area contributed by atoms with Crippen LogP contribution >= 0.6 is 0 Å². The minimum Gasteiger partial charge on any atom is -0.496 e. The van der Waals surface area contributed by atoms with Gasteiger partial charge in [0.2, 0.25) is 11.8 Å². The van der Waals surface area contributed by atoms with Crippen molar-refractivity contribution in [1.29, 1.82) is 0 Å². The first-order valence-electron chi connectivity index (χ1n) is 6.72. The van der Waals surface area contributed by atoms with E-state index in [0.717, 1.165) is 17.7 Å². The molecule has 110 valence electrons. The van der Waals surface area contributed by atoms with E-state index >= 15 is 0 Å². The minimum atomic E-state index is -0.167. The molecule has 5 heteroatoms. The van der Waals surface area contributed by atoms with E-state index in [-0.39, 0.29) is 18.4 Å². The van der Waals surface area contributed by atoms with Gasteiger partial charge in [0.25, 0.3) is 0 Å². The van der Waals surface area contributed by atoms with E-state index in [0.29, 0.717) is 13.1 Å². The van der Waals surface area contributed by atoms with Crippen molar-refractivity contribution >= 4 is 11.8 Å². The van der Waals surface area contributed by atoms with Crippen LogP contribution in [0, 0.1) is 0 Å². The summed E-state index contributed by atoms with van der Waals surface area (Å²) < 4.78 is 5.22. The summed E-state index contributed by atoms with van der Waals surface area (Å²) in [6.45, 7) is 4.53. The van der Waals surface area contributed by atoms with Crippen LogP contribution in [0.4, 0.5) is 0 Å². The van der Waals surface area contributed by atoms with Gasteiger partial charge in [0.1, 0.15) is 5.75 Å². The Morgan fingerprint density at radius 3 is 2.60 bits per heavy atom. The average Bonchev–Trinajstić information content (AvgIpc) is 2.44. The van der Waals surface area contributed by atoms with Crippen molar-refractivity contribution < 1.29 is 14.3 Å². The summed E-state index contributed by atoms with van der Waals surface area (Å²) in [6, 6.07) is 7.51. The monoisotopic (exact) mass is 278 g/mol. The number of carbonyl (C=O) groups is 2. The van der Waals surface area contributed by atoms with Crippen LogP contribution in [0.25, 0.3) is 0 Å². The van der Waals surface area contributed by atoms with E-state index in [2.05, 4.69) is 5.32 Å². The molecule has 5 nitrogen and oxygen atoms in total. The van der Waals surface area contributed by atoms with Crippen molar-refractivity contribution in [1.82, 2.24) is 10.2 Å². The molecule has 0 aromatic heterocycles. The Bertz CT molecular complexity index is 460. The lowest BCUT2D eigenvalue weighted by molar-refractivity contribution is -0.134. The van der Waals surface area contributed by atoms with Gasteiger partial charge in [-0.25, -0.2) is 0 Å². The summed E-state index contributed by atoms with van der Waals surface area (Å²) in [4.78, 5) is 24.8. The van der Waals surface area contributed by atoms with Crippen molar-refractivity contribution in [2.75, 3.05) is 20.2 Å². The van der Waals surface area contributed by atoms with Gasteiger partial charge in [0.05, 0.1) is 13.7 Å². The number of nitrogens with zero attached hydrogens (tertiary/aromatic N) is 1. The largest absolute Gasteiger partial charge is 0.496 e. The Kier molecular flexibility index (Phi) is 6.56. The fraction of sp³-hybridized carbons (Fsp3) is 0.467. The summed E-state index contributed by atoms with van der Waals surface area (Å²) in [5, 5.41) is 2.80. The van der Waals surface area contributed by atoms with Crippen LogP contribution in [-0.2, 0) is 16.1 Å². The number of amides is 2. The number of benzene rings is 1. The number of para-hydroxylation sites is 1. The third-order valence-electron chi connectivity index (χ3n) is 2.94. The van der Waals surface area contributed by atoms with Crippen LogP contribution in [0.3, 0.4) is 0 Å². The second-order valence-electron chi connectivity index (χ2n) is 4.53. The first-order chi connectivity index (χ1) is 9.58. The van der Waals surface area contributed by atoms with E-state index in [4.69, 9.17) is 4.74 Å². The predicted octanol–water partition coefficient (Wildman–Crippen LogP) is 1.57. The summed E-state index contributed by atoms with van der Waals surface area (Å²) in [5.74, 6) is 0.489. The zero-order valence-corrected chi connectivity index (χ0v) is 12.3. The highest BCUT2D eigenvalue weighted by atomic mass is 16.5. The maximum atomic E-state index is 11.9. The van der Waals surface area contributed by atoms with Crippen molar-refractivity contribution in [2.24, 2.45) is 0 Å². The molecule has 0 radical (unpaired) electrons. The van der Waals surface area contributed by atoms with Crippen LogP contribution in [0.5, 0.6) is 5.75 Å². The van der Waals surface area contributed by atoms with Crippen molar-refractivity contribution in [2.45, 2.75) is 26.8 Å². The highest BCUT2D eigenvalue weighted by molar-refractivity contribution is 5.83. The molecule has 1 aromatic rings. The summed E-state index contributed by atoms with van der Waals surface area (Å²) in [5.41, 5.74) is 0.910. The number of ether oxygens (including phenoxy) is 1. The number of rotatable bonds is 7. The fourth-order valence-electron chi connectivity index (χ4n) is 1.89. The van der Waals surface area contributed by atoms with Gasteiger partial charge >= 0.3 is 0 Å². The summed E-state index contributed by atoms with van der Waals surface area (Å²) in [6.07, 6.45) is 0.833. The molecular weight excluding hydrogens is 256 g/mol. The SMILES string of the molecule is CCCN(CC(=O)NCc1ccccc1OC)C(C)=O. The number of carbonyl (C=O) groups excluding carboxylic acids is 2. The topological polar surface area (TPSA) is 58.6 Å². The van der Waals surface area contributed by atoms with E-state index < -0.39 is 0 Å². The number of hydrogen-bond donors (Lipinski definition) is 1. The maximum Gasteiger partial charge on any atom is 0.239 e. The molecule has 0 aliphatic heterocycles. The molecule has 0 saturated carbocycles. The van der Waals surface area contributed by atoms with Gasteiger partial charge < -0.3 is 15.0 Å². The van der Waals surface area contributed by atoms with Crippen molar-refractivity contribution in [3.63, 3.8) is 0 Å². The molecule has 0 unspecified atom stereocenters. The van der Waals surface area contributed by atoms with Crippen molar-refractivity contribution in [3.8, 4) is 5.75 Å². The molecule has 0 atom stereocenters. The smallest absolute Gasteiger partial charge is 0.239 e. The Labute approximate surface area is 119 Å². The molecule has 0 fully saturated rings. The van der Waals surface area contributed by atoms with E-state index in [1.165, 1.54) is 11.8 Å². The van der Waals surface area contributed by atoms with Crippen LogP contribution in [0.15, 0.2) is 24.3 Å². The lowest BCUT2D eigenvalue weighted by atomic mass is 10.2. The zero-order chi connectivity index (χ0) is 15.0. The summed E-state index contributed by atoms with van der Waals surface area (Å²) in [7, 11) is 1.60. The molecule has 1 aromatic carbocycles. The molecule has 0 aliphatic rings. The van der Waals surface area contributed by atoms with Crippen LogP contribution in [0.2, 0.25) is 0 Å². The molecule has 0 saturated heterocycles. The Balaban J connectivity index is 2.52. The van der Waals surface area contributed by atoms with E-state index in [1.54, 1.807) is 7.11 Å².